The average Bonchev–Trinajstić information content (AvgIpc) is 2.02. The highest BCUT2D eigenvalue weighted by molar-refractivity contribution is 5.68. The van der Waals surface area contributed by atoms with Gasteiger partial charge in [-0.1, -0.05) is 0 Å². The Morgan fingerprint density at radius 2 is 1.86 bits per heavy atom. The number of aryl methyl sites for hydroxylation is 1. The maximum Gasteiger partial charge on any atom is 0.416 e. The molecule has 0 aliphatic heterocycles. The Morgan fingerprint density at radius 1 is 1.29 bits per heavy atom. The number of alkyl halides is 3. The quantitative estimate of drug-likeness (QED) is 0.690. The van der Waals surface area contributed by atoms with E-state index in [1.165, 1.54) is 20.0 Å². The molecule has 2 nitrogen and oxygen atoms in total. The van der Waals surface area contributed by atoms with Crippen LogP contribution in [0.5, 0.6) is 0 Å². The summed E-state index contributed by atoms with van der Waals surface area (Å²) < 4.78 is 37.3. The number of halogens is 3. The zero-order valence-electron chi connectivity index (χ0n) is 7.87. The molecule has 1 aromatic carbocycles. The minimum atomic E-state index is -4.33. The minimum Gasteiger partial charge on any atom is -0.397 e. The Balaban J connectivity index is 3.32. The smallest absolute Gasteiger partial charge is 0.397 e. The first-order valence-corrected chi connectivity index (χ1v) is 4.01. The van der Waals surface area contributed by atoms with Crippen LogP contribution in [0.25, 0.3) is 0 Å². The summed E-state index contributed by atoms with van der Waals surface area (Å²) in [5.74, 6) is 0. The fourth-order valence-corrected chi connectivity index (χ4v) is 1.25. The lowest BCUT2D eigenvalue weighted by Crippen LogP contribution is -2.09. The highest BCUT2D eigenvalue weighted by atomic mass is 19.4. The number of nitrogen functional groups attached to an aromatic ring is 1. The molecule has 14 heavy (non-hydrogen) atoms. The van der Waals surface area contributed by atoms with Crippen LogP contribution < -0.4 is 11.1 Å². The Kier molecular flexibility index (Phi) is 2.59. The number of benzene rings is 1. The van der Waals surface area contributed by atoms with Gasteiger partial charge in [-0.15, -0.1) is 0 Å². The van der Waals surface area contributed by atoms with Crippen molar-refractivity contribution in [1.82, 2.24) is 0 Å². The van der Waals surface area contributed by atoms with Gasteiger partial charge in [-0.25, -0.2) is 0 Å². The van der Waals surface area contributed by atoms with E-state index in [4.69, 9.17) is 5.73 Å². The highest BCUT2D eigenvalue weighted by Gasteiger charge is 2.32. The predicted octanol–water partition coefficient (Wildman–Crippen LogP) is 2.64. The molecule has 78 valence electrons. The molecule has 0 heterocycles. The van der Waals surface area contributed by atoms with Crippen LogP contribution in [-0.4, -0.2) is 7.05 Å². The van der Waals surface area contributed by atoms with E-state index in [1.807, 2.05) is 0 Å². The van der Waals surface area contributed by atoms with Gasteiger partial charge in [-0.3, -0.25) is 0 Å². The van der Waals surface area contributed by atoms with Crippen LogP contribution in [0.1, 0.15) is 11.1 Å². The molecular weight excluding hydrogens is 193 g/mol. The highest BCUT2D eigenvalue weighted by Crippen LogP contribution is 2.35. The van der Waals surface area contributed by atoms with Gasteiger partial charge in [-0.05, 0) is 24.6 Å². The summed E-state index contributed by atoms with van der Waals surface area (Å²) in [4.78, 5) is 0. The molecule has 0 aliphatic carbocycles. The van der Waals surface area contributed by atoms with E-state index in [2.05, 4.69) is 5.32 Å². The number of hydrogen-bond donors (Lipinski definition) is 2. The van der Waals surface area contributed by atoms with Crippen molar-refractivity contribution in [3.8, 4) is 0 Å². The maximum atomic E-state index is 12.4. The van der Waals surface area contributed by atoms with Crippen molar-refractivity contribution in [2.45, 2.75) is 13.1 Å². The third-order valence-electron chi connectivity index (χ3n) is 1.97. The number of anilines is 2. The molecule has 1 rings (SSSR count). The van der Waals surface area contributed by atoms with Crippen molar-refractivity contribution < 1.29 is 13.2 Å². The second-order valence-electron chi connectivity index (χ2n) is 3.00. The maximum absolute atomic E-state index is 12.4. The molecular formula is C9H11F3N2. The van der Waals surface area contributed by atoms with Gasteiger partial charge in [0.05, 0.1) is 16.9 Å². The molecule has 0 spiro atoms. The first-order chi connectivity index (χ1) is 6.36. The molecule has 3 N–H and O–H groups in total. The lowest BCUT2D eigenvalue weighted by molar-refractivity contribution is -0.138. The van der Waals surface area contributed by atoms with Crippen molar-refractivity contribution in [2.75, 3.05) is 18.1 Å². The van der Waals surface area contributed by atoms with Gasteiger partial charge in [0.2, 0.25) is 0 Å². The molecule has 1 aromatic rings. The van der Waals surface area contributed by atoms with Crippen molar-refractivity contribution >= 4 is 11.4 Å². The normalized spacial score (nSPS) is 11.5. The number of rotatable bonds is 1. The standard InChI is InChI=1S/C9H11F3N2/c1-5-3-7(13)8(14-2)4-6(5)9(10,11)12/h3-4,14H,13H2,1-2H3. The van der Waals surface area contributed by atoms with Crippen LogP contribution in [-0.2, 0) is 6.18 Å². The molecule has 0 fully saturated rings. The van der Waals surface area contributed by atoms with E-state index in [0.29, 0.717) is 11.4 Å². The number of hydrogen-bond acceptors (Lipinski definition) is 2. The first-order valence-electron chi connectivity index (χ1n) is 4.01. The van der Waals surface area contributed by atoms with E-state index in [1.54, 1.807) is 0 Å². The summed E-state index contributed by atoms with van der Waals surface area (Å²) in [5.41, 5.74) is 5.60. The largest absolute Gasteiger partial charge is 0.416 e. The number of nitrogens with two attached hydrogens (primary N) is 1. The van der Waals surface area contributed by atoms with E-state index in [-0.39, 0.29) is 5.56 Å². The van der Waals surface area contributed by atoms with Crippen LogP contribution in [0.2, 0.25) is 0 Å². The van der Waals surface area contributed by atoms with Crippen LogP contribution in [0.3, 0.4) is 0 Å². The summed E-state index contributed by atoms with van der Waals surface area (Å²) >= 11 is 0. The second-order valence-corrected chi connectivity index (χ2v) is 3.00. The summed E-state index contributed by atoms with van der Waals surface area (Å²) in [5, 5.41) is 2.61. The zero-order valence-corrected chi connectivity index (χ0v) is 7.87. The van der Waals surface area contributed by atoms with Gasteiger partial charge in [0, 0.05) is 7.05 Å². The first kappa shape index (κ1) is 10.7. The van der Waals surface area contributed by atoms with E-state index >= 15 is 0 Å². The summed E-state index contributed by atoms with van der Waals surface area (Å²) in [6.07, 6.45) is -4.33. The summed E-state index contributed by atoms with van der Waals surface area (Å²) in [6, 6.07) is 2.33. The van der Waals surface area contributed by atoms with E-state index in [0.717, 1.165) is 6.07 Å². The average molecular weight is 204 g/mol. The Bertz CT molecular complexity index is 345. The minimum absolute atomic E-state index is 0.133. The Morgan fingerprint density at radius 3 is 2.29 bits per heavy atom. The van der Waals surface area contributed by atoms with Crippen molar-refractivity contribution in [2.24, 2.45) is 0 Å². The molecule has 0 atom stereocenters. The Labute approximate surface area is 79.9 Å². The molecule has 5 heteroatoms. The van der Waals surface area contributed by atoms with Crippen LogP contribution in [0.15, 0.2) is 12.1 Å². The van der Waals surface area contributed by atoms with E-state index < -0.39 is 11.7 Å². The van der Waals surface area contributed by atoms with E-state index in [9.17, 15) is 13.2 Å². The summed E-state index contributed by atoms with van der Waals surface area (Å²) in [6.45, 7) is 1.39. The molecule has 0 saturated carbocycles. The third kappa shape index (κ3) is 1.92. The van der Waals surface area contributed by atoms with Gasteiger partial charge in [-0.2, -0.15) is 13.2 Å². The third-order valence-corrected chi connectivity index (χ3v) is 1.97. The SMILES string of the molecule is CNc1cc(C(F)(F)F)c(C)cc1N. The molecule has 0 amide bonds. The molecule has 0 bridgehead atoms. The lowest BCUT2D eigenvalue weighted by atomic mass is 10.1. The molecule has 0 unspecified atom stereocenters. The fourth-order valence-electron chi connectivity index (χ4n) is 1.25. The van der Waals surface area contributed by atoms with Gasteiger partial charge in [0.25, 0.3) is 0 Å². The molecule has 0 radical (unpaired) electrons. The van der Waals surface area contributed by atoms with Crippen molar-refractivity contribution in [3.05, 3.63) is 23.3 Å². The fraction of sp³-hybridized carbons (Fsp3) is 0.333. The molecule has 0 saturated heterocycles. The monoisotopic (exact) mass is 204 g/mol. The topological polar surface area (TPSA) is 38.0 Å². The van der Waals surface area contributed by atoms with Crippen LogP contribution in [0.4, 0.5) is 24.5 Å². The van der Waals surface area contributed by atoms with Gasteiger partial charge >= 0.3 is 6.18 Å². The zero-order chi connectivity index (χ0) is 10.9. The Hall–Kier alpha value is -1.39. The van der Waals surface area contributed by atoms with Crippen LogP contribution in [0, 0.1) is 6.92 Å². The molecule has 0 aromatic heterocycles. The lowest BCUT2D eigenvalue weighted by Gasteiger charge is -2.13. The number of nitrogens with one attached hydrogen (secondary N) is 1. The van der Waals surface area contributed by atoms with Gasteiger partial charge in [0.15, 0.2) is 0 Å². The van der Waals surface area contributed by atoms with Gasteiger partial charge < -0.3 is 11.1 Å². The summed E-state index contributed by atoms with van der Waals surface area (Å²) in [7, 11) is 1.53. The molecule has 0 aliphatic rings. The second kappa shape index (κ2) is 3.40. The van der Waals surface area contributed by atoms with Crippen molar-refractivity contribution in [3.63, 3.8) is 0 Å². The van der Waals surface area contributed by atoms with Crippen LogP contribution >= 0.6 is 0 Å². The predicted molar refractivity (Wildman–Crippen MR) is 50.1 cm³/mol. The van der Waals surface area contributed by atoms with Crippen molar-refractivity contribution in [1.29, 1.82) is 0 Å². The van der Waals surface area contributed by atoms with Gasteiger partial charge in [0.1, 0.15) is 0 Å².